The zero-order valence-corrected chi connectivity index (χ0v) is 10.6. The number of imidazole rings is 1. The van der Waals surface area contributed by atoms with Gasteiger partial charge in [0, 0.05) is 6.20 Å². The first-order chi connectivity index (χ1) is 9.51. The maximum Gasteiger partial charge on any atom is 0.178 e. The highest BCUT2D eigenvalue weighted by atomic mass is 19.1. The molecule has 0 aliphatic heterocycles. The largest absolute Gasteiger partial charge is 0.495 e. The van der Waals surface area contributed by atoms with E-state index in [-0.39, 0.29) is 0 Å². The number of hydrogen-bond donors (Lipinski definition) is 0. The van der Waals surface area contributed by atoms with E-state index < -0.39 is 12.1 Å². The summed E-state index contributed by atoms with van der Waals surface area (Å²) in [6.45, 7) is 1.87. The summed E-state index contributed by atoms with van der Waals surface area (Å²) < 4.78 is 26.9. The number of hydrogen-bond acceptors (Lipinski definition) is 3. The van der Waals surface area contributed by atoms with E-state index in [1.165, 1.54) is 7.11 Å². The molecule has 1 aromatic carbocycles. The molecule has 0 fully saturated rings. The molecule has 2 rings (SSSR count). The number of aldehydes is 1. The molecular formula is C14H13FN2O2. The fourth-order valence-electron chi connectivity index (χ4n) is 1.73. The Balaban J connectivity index is 2.43. The maximum absolute atomic E-state index is 13.1. The predicted molar refractivity (Wildman–Crippen MR) is 70.0 cm³/mol. The van der Waals surface area contributed by atoms with Crippen LogP contribution < -0.4 is 4.74 Å². The normalized spacial score (nSPS) is 12.2. The van der Waals surface area contributed by atoms with Crippen molar-refractivity contribution in [1.29, 1.82) is 0 Å². The smallest absolute Gasteiger partial charge is 0.178 e. The molecular weight excluding hydrogens is 247 g/mol. The van der Waals surface area contributed by atoms with Gasteiger partial charge in [-0.2, -0.15) is 0 Å². The lowest BCUT2D eigenvalue weighted by molar-refractivity contribution is -0.106. The SMILES string of the molecule is [2H]C(=O)C(F)=Cc1ccc(-n2cnc(C)c2)c(OC)c1. The average molecular weight is 261 g/mol. The first-order valence-electron chi connectivity index (χ1n) is 6.08. The van der Waals surface area contributed by atoms with E-state index in [4.69, 9.17) is 6.11 Å². The maximum atomic E-state index is 13.1. The first-order valence-corrected chi connectivity index (χ1v) is 5.58. The molecule has 19 heavy (non-hydrogen) atoms. The third kappa shape index (κ3) is 2.88. The van der Waals surface area contributed by atoms with E-state index in [9.17, 15) is 9.18 Å². The van der Waals surface area contributed by atoms with Crippen LogP contribution in [0.4, 0.5) is 4.39 Å². The standard InChI is InChI=1S/C14H13FN2O2/c1-10-7-17(9-16-10)13-4-3-11(5-12(15)8-18)6-14(13)19-2/h3-9H,1-2H3/i8D. The number of methoxy groups -OCH3 is 1. The van der Waals surface area contributed by atoms with E-state index in [1.54, 1.807) is 29.1 Å². The van der Waals surface area contributed by atoms with Gasteiger partial charge in [-0.15, -0.1) is 0 Å². The molecule has 98 valence electrons. The van der Waals surface area contributed by atoms with Crippen LogP contribution in [0.3, 0.4) is 0 Å². The minimum absolute atomic E-state index is 0.445. The highest BCUT2D eigenvalue weighted by molar-refractivity contribution is 5.79. The summed E-state index contributed by atoms with van der Waals surface area (Å²) in [6, 6.07) is 4.95. The molecule has 5 heteroatoms. The molecule has 0 saturated carbocycles. The third-order valence-corrected chi connectivity index (χ3v) is 2.58. The average Bonchev–Trinajstić information content (AvgIpc) is 2.84. The fraction of sp³-hybridized carbons (Fsp3) is 0.143. The third-order valence-electron chi connectivity index (χ3n) is 2.58. The Kier molecular flexibility index (Phi) is 3.36. The van der Waals surface area contributed by atoms with Gasteiger partial charge in [-0.3, -0.25) is 4.79 Å². The van der Waals surface area contributed by atoms with Crippen LogP contribution in [-0.4, -0.2) is 22.9 Å². The topological polar surface area (TPSA) is 44.1 Å². The monoisotopic (exact) mass is 261 g/mol. The summed E-state index contributed by atoms with van der Waals surface area (Å²) in [7, 11) is 1.50. The Bertz CT molecular complexity index is 680. The lowest BCUT2D eigenvalue weighted by Gasteiger charge is -2.09. The molecule has 0 bridgehead atoms. The van der Waals surface area contributed by atoms with Crippen LogP contribution in [-0.2, 0) is 4.79 Å². The second kappa shape index (κ2) is 5.48. The van der Waals surface area contributed by atoms with E-state index in [1.807, 2.05) is 13.1 Å². The van der Waals surface area contributed by atoms with Gasteiger partial charge in [0.1, 0.15) is 7.12 Å². The molecule has 0 atom stereocenters. The van der Waals surface area contributed by atoms with Gasteiger partial charge in [-0.05, 0) is 30.7 Å². The van der Waals surface area contributed by atoms with Crippen molar-refractivity contribution in [1.82, 2.24) is 9.55 Å². The number of aromatic nitrogens is 2. The number of carbonyl (C=O) groups is 1. The lowest BCUT2D eigenvalue weighted by atomic mass is 10.1. The van der Waals surface area contributed by atoms with Gasteiger partial charge in [0.25, 0.3) is 0 Å². The number of nitrogens with zero attached hydrogens (tertiary/aromatic N) is 2. The Morgan fingerprint density at radius 2 is 2.37 bits per heavy atom. The number of halogens is 1. The molecule has 2 aromatic rings. The minimum atomic E-state index is -1.35. The quantitative estimate of drug-likeness (QED) is 0.628. The minimum Gasteiger partial charge on any atom is -0.495 e. The fourth-order valence-corrected chi connectivity index (χ4v) is 1.73. The van der Waals surface area contributed by atoms with Gasteiger partial charge in [-0.25, -0.2) is 9.37 Å². The molecule has 0 radical (unpaired) electrons. The zero-order valence-electron chi connectivity index (χ0n) is 11.6. The molecule has 0 unspecified atom stereocenters. The van der Waals surface area contributed by atoms with Crippen LogP contribution in [0, 0.1) is 6.92 Å². The van der Waals surface area contributed by atoms with Crippen LogP contribution >= 0.6 is 0 Å². The Hall–Kier alpha value is -2.43. The van der Waals surface area contributed by atoms with E-state index in [0.717, 1.165) is 17.5 Å². The molecule has 4 nitrogen and oxygen atoms in total. The summed E-state index contributed by atoms with van der Waals surface area (Å²) in [6.07, 6.45) is 3.14. The number of ether oxygens (including phenoxy) is 1. The van der Waals surface area contributed by atoms with Crippen LogP contribution in [0.1, 0.15) is 12.6 Å². The van der Waals surface area contributed by atoms with Crippen molar-refractivity contribution in [2.75, 3.05) is 7.11 Å². The molecule has 0 aliphatic rings. The summed E-state index contributed by atoms with van der Waals surface area (Å²) in [5, 5.41) is 0. The van der Waals surface area contributed by atoms with Crippen molar-refractivity contribution in [3.05, 3.63) is 47.8 Å². The second-order valence-corrected chi connectivity index (χ2v) is 3.95. The van der Waals surface area contributed by atoms with Gasteiger partial charge in [0.15, 0.2) is 12.1 Å². The van der Waals surface area contributed by atoms with Crippen molar-refractivity contribution >= 4 is 12.3 Å². The van der Waals surface area contributed by atoms with E-state index >= 15 is 0 Å². The van der Waals surface area contributed by atoms with Crippen LogP contribution in [0.2, 0.25) is 0 Å². The number of carbonyl (C=O) groups excluding carboxylic acids is 1. The number of aryl methyl sites for hydroxylation is 1. The van der Waals surface area contributed by atoms with Crippen molar-refractivity contribution in [2.45, 2.75) is 6.92 Å². The van der Waals surface area contributed by atoms with Gasteiger partial charge in [0.05, 0.1) is 24.8 Å². The van der Waals surface area contributed by atoms with Gasteiger partial charge < -0.3 is 9.30 Å². The molecule has 1 aromatic heterocycles. The number of allylic oxidation sites excluding steroid dienone is 1. The Labute approximate surface area is 111 Å². The molecule has 1 heterocycles. The predicted octanol–water partition coefficient (Wildman–Crippen LogP) is 2.70. The van der Waals surface area contributed by atoms with Crippen molar-refractivity contribution in [3.8, 4) is 11.4 Å². The second-order valence-electron chi connectivity index (χ2n) is 3.95. The molecule has 0 N–H and O–H groups in total. The number of benzene rings is 1. The number of rotatable bonds is 4. The van der Waals surface area contributed by atoms with Gasteiger partial charge in [0.2, 0.25) is 0 Å². The van der Waals surface area contributed by atoms with Crippen LogP contribution in [0.25, 0.3) is 11.8 Å². The van der Waals surface area contributed by atoms with Crippen molar-refractivity contribution in [2.24, 2.45) is 0 Å². The van der Waals surface area contributed by atoms with E-state index in [0.29, 0.717) is 11.3 Å². The zero-order chi connectivity index (χ0) is 14.7. The summed E-state index contributed by atoms with van der Waals surface area (Å²) >= 11 is 0. The molecule has 0 aliphatic carbocycles. The highest BCUT2D eigenvalue weighted by Crippen LogP contribution is 2.25. The lowest BCUT2D eigenvalue weighted by Crippen LogP contribution is -1.96. The molecule has 0 spiro atoms. The Morgan fingerprint density at radius 3 is 2.95 bits per heavy atom. The highest BCUT2D eigenvalue weighted by Gasteiger charge is 2.07. The van der Waals surface area contributed by atoms with Crippen molar-refractivity contribution < 1.29 is 15.3 Å². The van der Waals surface area contributed by atoms with Crippen molar-refractivity contribution in [3.63, 3.8) is 0 Å². The summed E-state index contributed by atoms with van der Waals surface area (Å²) in [5.74, 6) is -0.598. The van der Waals surface area contributed by atoms with Gasteiger partial charge in [-0.1, -0.05) is 6.07 Å². The van der Waals surface area contributed by atoms with Crippen LogP contribution in [0.15, 0.2) is 36.6 Å². The van der Waals surface area contributed by atoms with Gasteiger partial charge >= 0.3 is 0 Å². The molecule has 0 saturated heterocycles. The van der Waals surface area contributed by atoms with E-state index in [2.05, 4.69) is 4.98 Å². The van der Waals surface area contributed by atoms with Crippen LogP contribution in [0.5, 0.6) is 5.75 Å². The first kappa shape index (κ1) is 11.6. The molecule has 0 amide bonds. The summed E-state index contributed by atoms with van der Waals surface area (Å²) in [5.41, 5.74) is 2.06. The Morgan fingerprint density at radius 1 is 1.58 bits per heavy atom. The summed E-state index contributed by atoms with van der Waals surface area (Å²) in [4.78, 5) is 14.7.